The molecular weight excluding hydrogens is 386 g/mol. The zero-order valence-electron chi connectivity index (χ0n) is 18.0. The highest BCUT2D eigenvalue weighted by Gasteiger charge is 2.39. The largest absolute Gasteiger partial charge is 0.486 e. The van der Waals surface area contributed by atoms with Gasteiger partial charge in [0.1, 0.15) is 11.6 Å². The molecule has 2 rings (SSSR count). The predicted molar refractivity (Wildman–Crippen MR) is 119 cm³/mol. The van der Waals surface area contributed by atoms with E-state index >= 15 is 0 Å². The summed E-state index contributed by atoms with van der Waals surface area (Å²) in [5.74, 6) is 0.877. The third-order valence-electron chi connectivity index (χ3n) is 5.00. The van der Waals surface area contributed by atoms with Crippen molar-refractivity contribution in [1.29, 1.82) is 0 Å². The van der Waals surface area contributed by atoms with Crippen LogP contribution in [-0.4, -0.2) is 27.4 Å². The second kappa shape index (κ2) is 11.2. The van der Waals surface area contributed by atoms with Crippen LogP contribution in [-0.2, 0) is 14.3 Å². The van der Waals surface area contributed by atoms with Gasteiger partial charge in [-0.05, 0) is 38.3 Å². The number of hydrogen-bond donors (Lipinski definition) is 2. The summed E-state index contributed by atoms with van der Waals surface area (Å²) in [7, 11) is 0. The number of anilines is 1. The quantitative estimate of drug-likeness (QED) is 0.373. The molecule has 0 aromatic carbocycles. The lowest BCUT2D eigenvalue weighted by Crippen LogP contribution is -2.34. The molecule has 1 aromatic heterocycles. The zero-order chi connectivity index (χ0) is 21.3. The first-order valence-corrected chi connectivity index (χ1v) is 11.2. The van der Waals surface area contributed by atoms with Gasteiger partial charge in [0.2, 0.25) is 5.12 Å². The van der Waals surface area contributed by atoms with Crippen molar-refractivity contribution in [3.63, 3.8) is 0 Å². The number of aryl methyl sites for hydroxylation is 2. The van der Waals surface area contributed by atoms with Crippen molar-refractivity contribution < 1.29 is 14.3 Å². The van der Waals surface area contributed by atoms with Crippen LogP contribution >= 0.6 is 11.8 Å². The van der Waals surface area contributed by atoms with Crippen molar-refractivity contribution in [2.24, 2.45) is 0 Å². The van der Waals surface area contributed by atoms with Crippen LogP contribution in [0.2, 0.25) is 0 Å². The Morgan fingerprint density at radius 2 is 1.93 bits per heavy atom. The lowest BCUT2D eigenvalue weighted by Gasteiger charge is -2.26. The average Bonchev–Trinajstić information content (AvgIpc) is 2.95. The molecule has 0 radical (unpaired) electrons. The van der Waals surface area contributed by atoms with Gasteiger partial charge >= 0.3 is 0 Å². The number of aromatic nitrogens is 1. The normalized spacial score (nSPS) is 18.5. The number of amides is 1. The number of pyridine rings is 1. The van der Waals surface area contributed by atoms with Crippen LogP contribution < -0.4 is 10.9 Å². The summed E-state index contributed by atoms with van der Waals surface area (Å²) in [4.78, 5) is 28.4. The molecule has 0 aliphatic carbocycles. The average molecular weight is 420 g/mol. The number of rotatable bonds is 12. The first-order valence-electron chi connectivity index (χ1n) is 10.4. The number of carbonyl (C=O) groups excluding carboxylic acids is 2. The van der Waals surface area contributed by atoms with Gasteiger partial charge in [-0.2, -0.15) is 0 Å². The Kier molecular flexibility index (Phi) is 9.01. The fourth-order valence-corrected chi connectivity index (χ4v) is 4.40. The Bertz CT molecular complexity index is 751. The SMILES string of the molecule is CCCCCCCCC1(C)SC(=O)C=C1OCC(=O)NNc1ncc(C)cc1C. The molecule has 1 amide bonds. The van der Waals surface area contributed by atoms with Crippen LogP contribution in [0.3, 0.4) is 0 Å². The number of nitrogens with zero attached hydrogens (tertiary/aromatic N) is 1. The van der Waals surface area contributed by atoms with Gasteiger partial charge in [0.15, 0.2) is 6.61 Å². The molecule has 0 saturated heterocycles. The maximum atomic E-state index is 12.2. The number of thioether (sulfide) groups is 1. The number of hydrogen-bond acceptors (Lipinski definition) is 6. The highest BCUT2D eigenvalue weighted by atomic mass is 32.2. The first-order chi connectivity index (χ1) is 13.8. The first kappa shape index (κ1) is 23.3. The van der Waals surface area contributed by atoms with E-state index in [1.807, 2.05) is 26.8 Å². The summed E-state index contributed by atoms with van der Waals surface area (Å²) in [6, 6.07) is 1.98. The Balaban J connectivity index is 1.78. The van der Waals surface area contributed by atoms with Gasteiger partial charge in [-0.15, -0.1) is 0 Å². The van der Waals surface area contributed by atoms with Gasteiger partial charge in [0, 0.05) is 12.3 Å². The van der Waals surface area contributed by atoms with Crippen molar-refractivity contribution >= 4 is 28.6 Å². The lowest BCUT2D eigenvalue weighted by atomic mass is 9.99. The van der Waals surface area contributed by atoms with Crippen LogP contribution in [0.1, 0.15) is 69.9 Å². The van der Waals surface area contributed by atoms with E-state index in [1.54, 1.807) is 6.20 Å². The summed E-state index contributed by atoms with van der Waals surface area (Å²) < 4.78 is 5.35. The molecule has 1 aliphatic rings. The standard InChI is InChI=1S/C22H33N3O3S/c1-5-6-7-8-9-10-11-22(4)18(13-20(27)29-22)28-15-19(26)24-25-21-17(3)12-16(2)14-23-21/h12-14H,5-11,15H2,1-4H3,(H,23,25)(H,24,26). The Morgan fingerprint density at radius 1 is 1.21 bits per heavy atom. The third-order valence-corrected chi connectivity index (χ3v) is 6.17. The minimum atomic E-state index is -0.384. The second-order valence-electron chi connectivity index (χ2n) is 7.82. The molecule has 1 aliphatic heterocycles. The van der Waals surface area contributed by atoms with E-state index in [1.165, 1.54) is 43.5 Å². The Labute approximate surface area is 178 Å². The van der Waals surface area contributed by atoms with E-state index < -0.39 is 0 Å². The van der Waals surface area contributed by atoms with Crippen LogP contribution in [0, 0.1) is 13.8 Å². The van der Waals surface area contributed by atoms with Gasteiger partial charge in [-0.3, -0.25) is 20.4 Å². The van der Waals surface area contributed by atoms with E-state index in [0.29, 0.717) is 11.6 Å². The fraction of sp³-hybridized carbons (Fsp3) is 0.591. The molecule has 1 aromatic rings. The van der Waals surface area contributed by atoms with Crippen molar-refractivity contribution in [3.05, 3.63) is 35.2 Å². The maximum Gasteiger partial charge on any atom is 0.276 e. The topological polar surface area (TPSA) is 80.3 Å². The minimum absolute atomic E-state index is 0.00787. The van der Waals surface area contributed by atoms with E-state index in [9.17, 15) is 9.59 Å². The van der Waals surface area contributed by atoms with Gasteiger partial charge in [0.25, 0.3) is 5.91 Å². The van der Waals surface area contributed by atoms with E-state index in [4.69, 9.17) is 4.74 Å². The summed E-state index contributed by atoms with van der Waals surface area (Å²) >= 11 is 1.30. The smallest absolute Gasteiger partial charge is 0.276 e. The fourth-order valence-electron chi connectivity index (χ4n) is 3.33. The van der Waals surface area contributed by atoms with Crippen molar-refractivity contribution in [3.8, 4) is 0 Å². The highest BCUT2D eigenvalue weighted by Crippen LogP contribution is 2.44. The van der Waals surface area contributed by atoms with Gasteiger partial charge in [0.05, 0.1) is 4.75 Å². The number of hydrazine groups is 1. The number of unbranched alkanes of at least 4 members (excludes halogenated alkanes) is 5. The monoisotopic (exact) mass is 419 g/mol. The van der Waals surface area contributed by atoms with Crippen LogP contribution in [0.5, 0.6) is 0 Å². The number of carbonyl (C=O) groups is 2. The predicted octanol–water partition coefficient (Wildman–Crippen LogP) is 4.82. The molecule has 160 valence electrons. The second-order valence-corrected chi connectivity index (χ2v) is 9.33. The van der Waals surface area contributed by atoms with Gasteiger partial charge < -0.3 is 4.74 Å². The van der Waals surface area contributed by atoms with Crippen LogP contribution in [0.25, 0.3) is 0 Å². The molecular formula is C22H33N3O3S. The maximum absolute atomic E-state index is 12.2. The lowest BCUT2D eigenvalue weighted by molar-refractivity contribution is -0.124. The van der Waals surface area contributed by atoms with Crippen LogP contribution in [0.4, 0.5) is 5.82 Å². The third kappa shape index (κ3) is 7.38. The summed E-state index contributed by atoms with van der Waals surface area (Å²) in [5.41, 5.74) is 7.42. The molecule has 0 spiro atoms. The Morgan fingerprint density at radius 3 is 2.66 bits per heavy atom. The minimum Gasteiger partial charge on any atom is -0.486 e. The van der Waals surface area contributed by atoms with Gasteiger partial charge in [-0.25, -0.2) is 4.98 Å². The number of nitrogens with one attached hydrogen (secondary N) is 2. The zero-order valence-corrected chi connectivity index (χ0v) is 18.8. The number of ether oxygens (including phenoxy) is 1. The Hall–Kier alpha value is -2.02. The van der Waals surface area contributed by atoms with E-state index in [-0.39, 0.29) is 22.4 Å². The molecule has 7 heteroatoms. The summed E-state index contributed by atoms with van der Waals surface area (Å²) in [5, 5.41) is -0.00787. The summed E-state index contributed by atoms with van der Waals surface area (Å²) in [6.07, 6.45) is 11.3. The highest BCUT2D eigenvalue weighted by molar-refractivity contribution is 8.15. The molecule has 0 fully saturated rings. The van der Waals surface area contributed by atoms with Gasteiger partial charge in [-0.1, -0.05) is 63.3 Å². The molecule has 2 heterocycles. The van der Waals surface area contributed by atoms with Crippen molar-refractivity contribution in [2.45, 2.75) is 77.4 Å². The molecule has 6 nitrogen and oxygen atoms in total. The molecule has 0 saturated carbocycles. The molecule has 29 heavy (non-hydrogen) atoms. The molecule has 1 atom stereocenters. The summed E-state index contributed by atoms with van der Waals surface area (Å²) in [6.45, 7) is 7.97. The van der Waals surface area contributed by atoms with E-state index in [0.717, 1.165) is 30.4 Å². The van der Waals surface area contributed by atoms with Crippen LogP contribution in [0.15, 0.2) is 24.1 Å². The molecule has 2 N–H and O–H groups in total. The van der Waals surface area contributed by atoms with Crippen molar-refractivity contribution in [2.75, 3.05) is 12.0 Å². The van der Waals surface area contributed by atoms with Crippen molar-refractivity contribution in [1.82, 2.24) is 10.4 Å². The molecule has 1 unspecified atom stereocenters. The molecule has 0 bridgehead atoms. The van der Waals surface area contributed by atoms with E-state index in [2.05, 4.69) is 22.8 Å².